The quantitative estimate of drug-likeness (QED) is 0.901. The minimum atomic E-state index is -1.06. The first-order chi connectivity index (χ1) is 10.1. The number of hydrogen-bond donors (Lipinski definition) is 2. The molecule has 0 saturated heterocycles. The lowest BCUT2D eigenvalue weighted by Crippen LogP contribution is -2.32. The van der Waals surface area contributed by atoms with Gasteiger partial charge in [-0.1, -0.05) is 0 Å². The van der Waals surface area contributed by atoms with E-state index in [1.54, 1.807) is 12.1 Å². The minimum Gasteiger partial charge on any atom is -0.343 e. The highest BCUT2D eigenvalue weighted by Gasteiger charge is 2.09. The molecule has 1 aromatic carbocycles. The average Bonchev–Trinajstić information content (AvgIpc) is 2.49. The van der Waals surface area contributed by atoms with Crippen LogP contribution in [0.15, 0.2) is 42.7 Å². The maximum Gasteiger partial charge on any atom is 0.253 e. The number of aromatic nitrogens is 1. The summed E-state index contributed by atoms with van der Waals surface area (Å²) in [4.78, 5) is 27.0. The molecule has 2 aromatic rings. The van der Waals surface area contributed by atoms with Crippen molar-refractivity contribution >= 4 is 17.5 Å². The van der Waals surface area contributed by atoms with Gasteiger partial charge in [0.1, 0.15) is 0 Å². The lowest BCUT2D eigenvalue weighted by Gasteiger charge is -2.07. The van der Waals surface area contributed by atoms with Gasteiger partial charge in [-0.15, -0.1) is 0 Å². The Morgan fingerprint density at radius 1 is 1.14 bits per heavy atom. The Bertz CT molecular complexity index is 663. The summed E-state index contributed by atoms with van der Waals surface area (Å²) in [5.74, 6) is -3.08. The number of benzene rings is 1. The number of hydrogen-bond acceptors (Lipinski definition) is 3. The van der Waals surface area contributed by atoms with Crippen LogP contribution in [0, 0.1) is 11.6 Å². The van der Waals surface area contributed by atoms with Gasteiger partial charge in [0, 0.05) is 24.1 Å². The zero-order valence-corrected chi connectivity index (χ0v) is 10.8. The molecule has 1 heterocycles. The van der Waals surface area contributed by atoms with E-state index < -0.39 is 23.4 Å². The van der Waals surface area contributed by atoms with Crippen LogP contribution < -0.4 is 10.6 Å². The second kappa shape index (κ2) is 6.56. The summed E-state index contributed by atoms with van der Waals surface area (Å²) in [6, 6.07) is 6.13. The molecular formula is C14H11F2N3O2. The summed E-state index contributed by atoms with van der Waals surface area (Å²) < 4.78 is 25.7. The van der Waals surface area contributed by atoms with Crippen LogP contribution in [0.2, 0.25) is 0 Å². The van der Waals surface area contributed by atoms with Crippen molar-refractivity contribution in [2.75, 3.05) is 11.9 Å². The van der Waals surface area contributed by atoms with E-state index in [0.29, 0.717) is 5.56 Å². The zero-order chi connectivity index (χ0) is 15.2. The van der Waals surface area contributed by atoms with E-state index in [4.69, 9.17) is 0 Å². The van der Waals surface area contributed by atoms with E-state index in [9.17, 15) is 18.4 Å². The molecule has 0 bridgehead atoms. The number of carbonyl (C=O) groups is 2. The third-order valence-corrected chi connectivity index (χ3v) is 2.54. The standard InChI is InChI=1S/C14H11F2N3O2/c15-11-4-3-10(6-12(11)16)19-13(20)8-18-14(21)9-2-1-5-17-7-9/h1-7H,8H2,(H,18,21)(H,19,20). The van der Waals surface area contributed by atoms with Gasteiger partial charge in [-0.05, 0) is 24.3 Å². The topological polar surface area (TPSA) is 71.1 Å². The van der Waals surface area contributed by atoms with E-state index in [-0.39, 0.29) is 12.2 Å². The van der Waals surface area contributed by atoms with Crippen molar-refractivity contribution in [2.24, 2.45) is 0 Å². The highest BCUT2D eigenvalue weighted by Crippen LogP contribution is 2.12. The third-order valence-electron chi connectivity index (χ3n) is 2.54. The minimum absolute atomic E-state index is 0.106. The fraction of sp³-hybridized carbons (Fsp3) is 0.0714. The Hall–Kier alpha value is -2.83. The van der Waals surface area contributed by atoms with Gasteiger partial charge in [0.25, 0.3) is 5.91 Å². The molecule has 2 N–H and O–H groups in total. The van der Waals surface area contributed by atoms with Gasteiger partial charge >= 0.3 is 0 Å². The Kier molecular flexibility index (Phi) is 4.55. The monoisotopic (exact) mass is 291 g/mol. The number of amides is 2. The van der Waals surface area contributed by atoms with Crippen molar-refractivity contribution in [2.45, 2.75) is 0 Å². The van der Waals surface area contributed by atoms with E-state index in [2.05, 4.69) is 15.6 Å². The predicted molar refractivity (Wildman–Crippen MR) is 71.6 cm³/mol. The van der Waals surface area contributed by atoms with Gasteiger partial charge in [0.05, 0.1) is 12.1 Å². The first kappa shape index (κ1) is 14.6. The largest absolute Gasteiger partial charge is 0.343 e. The molecule has 2 amide bonds. The molecule has 0 spiro atoms. The van der Waals surface area contributed by atoms with Gasteiger partial charge in [0.15, 0.2) is 11.6 Å². The summed E-state index contributed by atoms with van der Waals surface area (Å²) in [7, 11) is 0. The SMILES string of the molecule is O=C(CNC(=O)c1cccnc1)Nc1ccc(F)c(F)c1. The number of halogens is 2. The van der Waals surface area contributed by atoms with Gasteiger partial charge in [-0.25, -0.2) is 8.78 Å². The fourth-order valence-electron chi connectivity index (χ4n) is 1.54. The number of nitrogens with one attached hydrogen (secondary N) is 2. The third kappa shape index (κ3) is 4.07. The molecule has 108 valence electrons. The van der Waals surface area contributed by atoms with Crippen molar-refractivity contribution in [1.82, 2.24) is 10.3 Å². The van der Waals surface area contributed by atoms with E-state index >= 15 is 0 Å². The summed E-state index contributed by atoms with van der Waals surface area (Å²) in [6.07, 6.45) is 2.88. The number of anilines is 1. The Morgan fingerprint density at radius 2 is 1.95 bits per heavy atom. The molecule has 5 nitrogen and oxygen atoms in total. The van der Waals surface area contributed by atoms with Crippen molar-refractivity contribution in [3.63, 3.8) is 0 Å². The molecule has 0 aliphatic carbocycles. The van der Waals surface area contributed by atoms with Crippen LogP contribution in [0.25, 0.3) is 0 Å². The molecule has 0 aliphatic heterocycles. The first-order valence-electron chi connectivity index (χ1n) is 5.99. The summed E-state index contributed by atoms with van der Waals surface area (Å²) in [5, 5.41) is 4.73. The van der Waals surface area contributed by atoms with E-state index in [1.807, 2.05) is 0 Å². The van der Waals surface area contributed by atoms with Crippen LogP contribution >= 0.6 is 0 Å². The maximum absolute atomic E-state index is 13.0. The van der Waals surface area contributed by atoms with Crippen molar-refractivity contribution in [1.29, 1.82) is 0 Å². The number of rotatable bonds is 4. The average molecular weight is 291 g/mol. The summed E-state index contributed by atoms with van der Waals surface area (Å²) in [5.41, 5.74) is 0.424. The highest BCUT2D eigenvalue weighted by atomic mass is 19.2. The Balaban J connectivity index is 1.87. The van der Waals surface area contributed by atoms with Crippen molar-refractivity contribution in [3.8, 4) is 0 Å². The van der Waals surface area contributed by atoms with Crippen LogP contribution in [0.1, 0.15) is 10.4 Å². The smallest absolute Gasteiger partial charge is 0.253 e. The predicted octanol–water partition coefficient (Wildman–Crippen LogP) is 1.73. The number of carbonyl (C=O) groups excluding carboxylic acids is 2. The van der Waals surface area contributed by atoms with Crippen LogP contribution in [-0.2, 0) is 4.79 Å². The molecule has 7 heteroatoms. The number of pyridine rings is 1. The lowest BCUT2D eigenvalue weighted by molar-refractivity contribution is -0.115. The van der Waals surface area contributed by atoms with Crippen LogP contribution in [0.5, 0.6) is 0 Å². The zero-order valence-electron chi connectivity index (χ0n) is 10.8. The second-order valence-electron chi connectivity index (χ2n) is 4.10. The van der Waals surface area contributed by atoms with Crippen LogP contribution in [0.4, 0.5) is 14.5 Å². The second-order valence-corrected chi connectivity index (χ2v) is 4.10. The van der Waals surface area contributed by atoms with Gasteiger partial charge in [0.2, 0.25) is 5.91 Å². The lowest BCUT2D eigenvalue weighted by atomic mass is 10.2. The van der Waals surface area contributed by atoms with Gasteiger partial charge in [-0.3, -0.25) is 14.6 Å². The first-order valence-corrected chi connectivity index (χ1v) is 5.99. The fourth-order valence-corrected chi connectivity index (χ4v) is 1.54. The van der Waals surface area contributed by atoms with Crippen molar-refractivity contribution in [3.05, 3.63) is 59.9 Å². The molecule has 0 radical (unpaired) electrons. The Morgan fingerprint density at radius 3 is 2.62 bits per heavy atom. The molecular weight excluding hydrogens is 280 g/mol. The molecule has 0 fully saturated rings. The van der Waals surface area contributed by atoms with Crippen molar-refractivity contribution < 1.29 is 18.4 Å². The van der Waals surface area contributed by atoms with E-state index in [1.165, 1.54) is 18.5 Å². The molecule has 21 heavy (non-hydrogen) atoms. The molecule has 0 unspecified atom stereocenters. The molecule has 2 rings (SSSR count). The summed E-state index contributed by atoms with van der Waals surface area (Å²) >= 11 is 0. The molecule has 0 aliphatic rings. The number of nitrogens with zero attached hydrogens (tertiary/aromatic N) is 1. The van der Waals surface area contributed by atoms with Gasteiger partial charge in [-0.2, -0.15) is 0 Å². The van der Waals surface area contributed by atoms with Crippen LogP contribution in [-0.4, -0.2) is 23.3 Å². The molecule has 1 aromatic heterocycles. The molecule has 0 saturated carbocycles. The molecule has 0 atom stereocenters. The summed E-state index contributed by atoms with van der Waals surface area (Å²) in [6.45, 7) is -0.299. The van der Waals surface area contributed by atoms with Gasteiger partial charge < -0.3 is 10.6 Å². The normalized spacial score (nSPS) is 10.0. The highest BCUT2D eigenvalue weighted by molar-refractivity contribution is 5.99. The maximum atomic E-state index is 13.0. The Labute approximate surface area is 119 Å². The van der Waals surface area contributed by atoms with E-state index in [0.717, 1.165) is 12.1 Å². The van der Waals surface area contributed by atoms with Crippen LogP contribution in [0.3, 0.4) is 0 Å².